The summed E-state index contributed by atoms with van der Waals surface area (Å²) in [6.07, 6.45) is 7.26. The number of nitrogens with one attached hydrogen (secondary N) is 2. The number of methoxy groups -OCH3 is 1. The molecular weight excluding hydrogens is 374 g/mol. The molecule has 1 aromatic carbocycles. The summed E-state index contributed by atoms with van der Waals surface area (Å²) in [4.78, 5) is 11.7. The van der Waals surface area contributed by atoms with E-state index in [1.165, 1.54) is 29.5 Å². The van der Waals surface area contributed by atoms with E-state index in [-0.39, 0.29) is 6.04 Å². The third-order valence-corrected chi connectivity index (χ3v) is 5.67. The smallest absolute Gasteiger partial charge is 0.191 e. The van der Waals surface area contributed by atoms with Crippen molar-refractivity contribution >= 4 is 5.96 Å². The van der Waals surface area contributed by atoms with Crippen molar-refractivity contribution in [3.63, 3.8) is 0 Å². The van der Waals surface area contributed by atoms with Gasteiger partial charge in [0, 0.05) is 25.5 Å². The summed E-state index contributed by atoms with van der Waals surface area (Å²) in [6.45, 7) is 8.90. The van der Waals surface area contributed by atoms with Crippen molar-refractivity contribution in [3.05, 3.63) is 59.4 Å². The van der Waals surface area contributed by atoms with Crippen LogP contribution in [0.2, 0.25) is 0 Å². The second-order valence-electron chi connectivity index (χ2n) is 7.73. The molecule has 0 saturated carbocycles. The average Bonchev–Trinajstić information content (AvgIpc) is 3.30. The maximum absolute atomic E-state index is 5.33. The normalized spacial score (nSPS) is 15.8. The van der Waals surface area contributed by atoms with Crippen LogP contribution < -0.4 is 15.4 Å². The van der Waals surface area contributed by atoms with Gasteiger partial charge < -0.3 is 15.4 Å². The predicted molar refractivity (Wildman–Crippen MR) is 123 cm³/mol. The van der Waals surface area contributed by atoms with Crippen molar-refractivity contribution in [2.45, 2.75) is 39.2 Å². The molecule has 6 heteroatoms. The molecule has 0 radical (unpaired) electrons. The summed E-state index contributed by atoms with van der Waals surface area (Å²) < 4.78 is 5.33. The first-order chi connectivity index (χ1) is 14.7. The number of guanidine groups is 1. The monoisotopic (exact) mass is 409 g/mol. The first-order valence-electron chi connectivity index (χ1n) is 11.0. The van der Waals surface area contributed by atoms with E-state index in [0.29, 0.717) is 0 Å². The molecule has 1 aromatic heterocycles. The van der Waals surface area contributed by atoms with E-state index in [1.807, 2.05) is 24.5 Å². The van der Waals surface area contributed by atoms with Gasteiger partial charge in [-0.2, -0.15) is 0 Å². The SMILES string of the molecule is CCNC(=NCC(c1ccc(OC)cc1)N1CCCC1)NCCc1ccncc1C. The van der Waals surface area contributed by atoms with Crippen LogP contribution in [0.25, 0.3) is 0 Å². The van der Waals surface area contributed by atoms with E-state index < -0.39 is 0 Å². The lowest BCUT2D eigenvalue weighted by Gasteiger charge is -2.27. The van der Waals surface area contributed by atoms with Crippen LogP contribution in [0, 0.1) is 6.92 Å². The van der Waals surface area contributed by atoms with Crippen LogP contribution in [-0.2, 0) is 6.42 Å². The van der Waals surface area contributed by atoms with E-state index in [0.717, 1.165) is 50.9 Å². The van der Waals surface area contributed by atoms with E-state index in [1.54, 1.807) is 7.11 Å². The van der Waals surface area contributed by atoms with Gasteiger partial charge in [-0.15, -0.1) is 0 Å². The van der Waals surface area contributed by atoms with Crippen molar-refractivity contribution < 1.29 is 4.74 Å². The zero-order valence-corrected chi connectivity index (χ0v) is 18.5. The standard InChI is InChI=1S/C24H35N5O/c1-4-26-24(27-14-12-20-11-13-25-17-19(20)2)28-18-23(29-15-5-6-16-29)21-7-9-22(30-3)10-8-21/h7-11,13,17,23H,4-6,12,14-16,18H2,1-3H3,(H2,26,27,28). The topological polar surface area (TPSA) is 61.8 Å². The number of hydrogen-bond donors (Lipinski definition) is 2. The highest BCUT2D eigenvalue weighted by atomic mass is 16.5. The molecule has 1 aliphatic rings. The zero-order valence-electron chi connectivity index (χ0n) is 18.5. The summed E-state index contributed by atoms with van der Waals surface area (Å²) in [5.74, 6) is 1.77. The average molecular weight is 410 g/mol. The molecule has 1 aliphatic heterocycles. The molecule has 6 nitrogen and oxygen atoms in total. The number of aryl methyl sites for hydroxylation is 1. The summed E-state index contributed by atoms with van der Waals surface area (Å²) in [7, 11) is 1.71. The number of rotatable bonds is 9. The molecule has 0 amide bonds. The molecule has 0 bridgehead atoms. The first kappa shape index (κ1) is 22.1. The molecule has 2 aromatic rings. The maximum atomic E-state index is 5.33. The van der Waals surface area contributed by atoms with Crippen LogP contribution in [0.15, 0.2) is 47.7 Å². The van der Waals surface area contributed by atoms with Crippen LogP contribution in [0.4, 0.5) is 0 Å². The van der Waals surface area contributed by atoms with Gasteiger partial charge in [-0.25, -0.2) is 0 Å². The van der Waals surface area contributed by atoms with Gasteiger partial charge >= 0.3 is 0 Å². The van der Waals surface area contributed by atoms with Crippen LogP contribution in [0.5, 0.6) is 5.75 Å². The van der Waals surface area contributed by atoms with Crippen molar-refractivity contribution in [2.75, 3.05) is 39.8 Å². The van der Waals surface area contributed by atoms with Crippen molar-refractivity contribution in [2.24, 2.45) is 4.99 Å². The number of nitrogens with zero attached hydrogens (tertiary/aromatic N) is 3. The number of aromatic nitrogens is 1. The Labute approximate surface area is 180 Å². The number of benzene rings is 1. The Kier molecular flexibility index (Phi) is 8.51. The first-order valence-corrected chi connectivity index (χ1v) is 11.0. The van der Waals surface area contributed by atoms with Gasteiger partial charge in [-0.3, -0.25) is 14.9 Å². The number of hydrogen-bond acceptors (Lipinski definition) is 4. The van der Waals surface area contributed by atoms with Crippen molar-refractivity contribution in [3.8, 4) is 5.75 Å². The molecule has 162 valence electrons. The molecular formula is C24H35N5O. The highest BCUT2D eigenvalue weighted by Gasteiger charge is 2.23. The summed E-state index contributed by atoms with van der Waals surface area (Å²) in [6, 6.07) is 10.8. The quantitative estimate of drug-likeness (QED) is 0.491. The van der Waals surface area contributed by atoms with Gasteiger partial charge in [0.1, 0.15) is 5.75 Å². The Morgan fingerprint density at radius 2 is 1.93 bits per heavy atom. The Balaban J connectivity index is 1.66. The van der Waals surface area contributed by atoms with Crippen molar-refractivity contribution in [1.29, 1.82) is 0 Å². The second-order valence-corrected chi connectivity index (χ2v) is 7.73. The number of likely N-dealkylation sites (tertiary alicyclic amines) is 1. The summed E-state index contributed by atoms with van der Waals surface area (Å²) >= 11 is 0. The number of ether oxygens (including phenoxy) is 1. The fourth-order valence-corrected chi connectivity index (χ4v) is 3.93. The van der Waals surface area contributed by atoms with Gasteiger partial charge in [0.2, 0.25) is 0 Å². The molecule has 0 aliphatic carbocycles. The second kappa shape index (κ2) is 11.6. The molecule has 1 unspecified atom stereocenters. The van der Waals surface area contributed by atoms with Gasteiger partial charge in [-0.05, 0) is 81.1 Å². The molecule has 2 N–H and O–H groups in total. The number of pyridine rings is 1. The number of aliphatic imine (C=N–C) groups is 1. The largest absolute Gasteiger partial charge is 0.497 e. The van der Waals surface area contributed by atoms with Gasteiger partial charge in [0.05, 0.1) is 19.7 Å². The summed E-state index contributed by atoms with van der Waals surface area (Å²) in [5, 5.41) is 6.88. The van der Waals surface area contributed by atoms with E-state index >= 15 is 0 Å². The molecule has 0 spiro atoms. The van der Waals surface area contributed by atoms with Crippen LogP contribution in [0.1, 0.15) is 42.5 Å². The Hall–Kier alpha value is -2.60. The molecule has 2 heterocycles. The third-order valence-electron chi connectivity index (χ3n) is 5.67. The zero-order chi connectivity index (χ0) is 21.2. The molecule has 30 heavy (non-hydrogen) atoms. The molecule has 1 atom stereocenters. The van der Waals surface area contributed by atoms with Gasteiger partial charge in [0.25, 0.3) is 0 Å². The van der Waals surface area contributed by atoms with E-state index in [4.69, 9.17) is 9.73 Å². The third kappa shape index (κ3) is 6.20. The fourth-order valence-electron chi connectivity index (χ4n) is 3.93. The Morgan fingerprint density at radius 3 is 2.60 bits per heavy atom. The summed E-state index contributed by atoms with van der Waals surface area (Å²) in [5.41, 5.74) is 3.85. The fraction of sp³-hybridized carbons (Fsp3) is 0.500. The lowest BCUT2D eigenvalue weighted by atomic mass is 10.1. The maximum Gasteiger partial charge on any atom is 0.191 e. The minimum atomic E-state index is 0.288. The van der Waals surface area contributed by atoms with Crippen LogP contribution >= 0.6 is 0 Å². The molecule has 3 rings (SSSR count). The minimum Gasteiger partial charge on any atom is -0.497 e. The van der Waals surface area contributed by atoms with Crippen LogP contribution in [-0.4, -0.2) is 55.7 Å². The van der Waals surface area contributed by atoms with Gasteiger partial charge in [0.15, 0.2) is 5.96 Å². The Morgan fingerprint density at radius 1 is 1.17 bits per heavy atom. The lowest BCUT2D eigenvalue weighted by Crippen LogP contribution is -2.39. The van der Waals surface area contributed by atoms with E-state index in [2.05, 4.69) is 52.6 Å². The Bertz CT molecular complexity index is 799. The molecule has 1 saturated heterocycles. The van der Waals surface area contributed by atoms with E-state index in [9.17, 15) is 0 Å². The molecule has 1 fully saturated rings. The highest BCUT2D eigenvalue weighted by molar-refractivity contribution is 5.79. The lowest BCUT2D eigenvalue weighted by molar-refractivity contribution is 0.251. The highest BCUT2D eigenvalue weighted by Crippen LogP contribution is 2.27. The van der Waals surface area contributed by atoms with Crippen molar-refractivity contribution in [1.82, 2.24) is 20.5 Å². The van der Waals surface area contributed by atoms with Gasteiger partial charge in [-0.1, -0.05) is 12.1 Å². The minimum absolute atomic E-state index is 0.288. The predicted octanol–water partition coefficient (Wildman–Crippen LogP) is 3.33. The van der Waals surface area contributed by atoms with Crippen LogP contribution in [0.3, 0.4) is 0 Å².